The van der Waals surface area contributed by atoms with Crippen LogP contribution in [0.2, 0.25) is 0 Å². The van der Waals surface area contributed by atoms with Crippen LogP contribution in [0.4, 0.5) is 4.79 Å². The fourth-order valence-corrected chi connectivity index (χ4v) is 4.38. The molecule has 0 radical (unpaired) electrons. The van der Waals surface area contributed by atoms with E-state index in [1.54, 1.807) is 11.6 Å². The molecule has 11 heteroatoms. The minimum atomic E-state index is -3.27. The molecular weight excluding hydrogens is 342 g/mol. The van der Waals surface area contributed by atoms with Crippen LogP contribution in [0.25, 0.3) is 0 Å². The van der Waals surface area contributed by atoms with E-state index < -0.39 is 19.9 Å². The van der Waals surface area contributed by atoms with Gasteiger partial charge in [-0.1, -0.05) is 0 Å². The Morgan fingerprint density at radius 1 is 1.48 bits per heavy atom. The molecule has 0 saturated carbocycles. The summed E-state index contributed by atoms with van der Waals surface area (Å²) in [6, 6.07) is -0.459. The van der Waals surface area contributed by atoms with Gasteiger partial charge in [-0.2, -0.15) is 0 Å². The number of nitrogens with one attached hydrogen (secondary N) is 3. The van der Waals surface area contributed by atoms with Crippen LogP contribution < -0.4 is 15.9 Å². The minimum Gasteiger partial charge on any atom is -0.337 e. The van der Waals surface area contributed by atoms with Gasteiger partial charge in [0.15, 0.2) is 0 Å². The fraction of sp³-hybridized carbons (Fsp3) is 0.900. The molecule has 0 spiro atoms. The molecule has 0 bridgehead atoms. The number of nitrogens with zero attached hydrogens (tertiary/aromatic N) is 1. The van der Waals surface area contributed by atoms with Crippen molar-refractivity contribution in [2.45, 2.75) is 19.6 Å². The van der Waals surface area contributed by atoms with Gasteiger partial charge in [0, 0.05) is 37.8 Å². The monoisotopic (exact) mass is 362 g/mol. The van der Waals surface area contributed by atoms with Gasteiger partial charge in [-0.15, -0.1) is 23.2 Å². The van der Waals surface area contributed by atoms with Crippen LogP contribution in [0.3, 0.4) is 0 Å². The zero-order valence-electron chi connectivity index (χ0n) is 11.8. The third kappa shape index (κ3) is 6.28. The summed E-state index contributed by atoms with van der Waals surface area (Å²) in [5.74, 6) is 0.600. The molecular formula is C10H21Cl2N4O4P. The lowest BCUT2D eigenvalue weighted by Gasteiger charge is -2.36. The molecule has 1 heterocycles. The van der Waals surface area contributed by atoms with E-state index in [1.165, 1.54) is 0 Å². The van der Waals surface area contributed by atoms with Crippen LogP contribution in [-0.4, -0.2) is 54.9 Å². The van der Waals surface area contributed by atoms with Gasteiger partial charge in [-0.05, 0) is 6.92 Å². The van der Waals surface area contributed by atoms with Crippen molar-refractivity contribution < 1.29 is 18.7 Å². The number of amides is 2. The van der Waals surface area contributed by atoms with Crippen molar-refractivity contribution in [3.8, 4) is 0 Å². The first-order valence-corrected chi connectivity index (χ1v) is 9.29. The third-order valence-corrected chi connectivity index (χ3v) is 5.27. The molecule has 0 aromatic rings. The molecule has 1 rings (SSSR count). The van der Waals surface area contributed by atoms with Crippen molar-refractivity contribution in [2.24, 2.45) is 0 Å². The van der Waals surface area contributed by atoms with Crippen molar-refractivity contribution in [3.05, 3.63) is 0 Å². The smallest absolute Gasteiger partial charge is 0.337 e. The van der Waals surface area contributed by atoms with Crippen LogP contribution in [0, 0.1) is 0 Å². The van der Waals surface area contributed by atoms with E-state index in [1.807, 2.05) is 0 Å². The van der Waals surface area contributed by atoms with E-state index in [0.717, 1.165) is 0 Å². The lowest BCUT2D eigenvalue weighted by atomic mass is 10.4. The summed E-state index contributed by atoms with van der Waals surface area (Å²) in [4.78, 5) is 16.4. The second-order valence-corrected chi connectivity index (χ2v) is 7.05. The van der Waals surface area contributed by atoms with Gasteiger partial charge >= 0.3 is 13.7 Å². The number of hydrogen-bond donors (Lipinski definition) is 3. The Balaban J connectivity index is 2.56. The molecule has 3 N–H and O–H groups in total. The predicted octanol–water partition coefficient (Wildman–Crippen LogP) is 1.46. The van der Waals surface area contributed by atoms with Crippen LogP contribution >= 0.6 is 30.9 Å². The average molecular weight is 363 g/mol. The molecule has 0 aromatic heterocycles. The second kappa shape index (κ2) is 9.84. The van der Waals surface area contributed by atoms with Gasteiger partial charge in [0.2, 0.25) is 0 Å². The maximum atomic E-state index is 12.8. The van der Waals surface area contributed by atoms with Crippen molar-refractivity contribution in [3.63, 3.8) is 0 Å². The number of urea groups is 1. The fourth-order valence-electron chi connectivity index (χ4n) is 1.71. The molecule has 21 heavy (non-hydrogen) atoms. The molecule has 1 saturated heterocycles. The highest BCUT2D eigenvalue weighted by atomic mass is 35.5. The zero-order valence-corrected chi connectivity index (χ0v) is 14.2. The first-order valence-electron chi connectivity index (χ1n) is 6.65. The van der Waals surface area contributed by atoms with Crippen LogP contribution in [-0.2, 0) is 13.9 Å². The van der Waals surface area contributed by atoms with E-state index in [2.05, 4.69) is 15.9 Å². The van der Waals surface area contributed by atoms with Crippen LogP contribution in [0.5, 0.6) is 0 Å². The summed E-state index contributed by atoms with van der Waals surface area (Å²) in [5, 5.41) is 5.30. The first-order chi connectivity index (χ1) is 10.1. The lowest BCUT2D eigenvalue weighted by Crippen LogP contribution is -2.47. The van der Waals surface area contributed by atoms with Crippen molar-refractivity contribution in [2.75, 3.05) is 38.0 Å². The largest absolute Gasteiger partial charge is 0.345 e. The Bertz CT molecular complexity index is 371. The van der Waals surface area contributed by atoms with E-state index in [9.17, 15) is 9.36 Å². The average Bonchev–Trinajstić information content (AvgIpc) is 2.45. The molecule has 1 fully saturated rings. The summed E-state index contributed by atoms with van der Waals surface area (Å²) in [7, 11) is -3.27. The number of hydrogen-bond acceptors (Lipinski definition) is 4. The molecule has 0 aromatic carbocycles. The summed E-state index contributed by atoms with van der Waals surface area (Å²) >= 11 is 11.4. The highest BCUT2D eigenvalue weighted by Gasteiger charge is 2.38. The molecule has 1 aliphatic heterocycles. The molecule has 8 nitrogen and oxygen atoms in total. The van der Waals surface area contributed by atoms with E-state index in [4.69, 9.17) is 32.6 Å². The van der Waals surface area contributed by atoms with E-state index in [0.29, 0.717) is 37.8 Å². The first kappa shape index (κ1) is 19.0. The Morgan fingerprint density at radius 3 is 2.71 bits per heavy atom. The topological polar surface area (TPSA) is 91.9 Å². The zero-order chi connectivity index (χ0) is 15.7. The maximum absolute atomic E-state index is 12.8. The third-order valence-electron chi connectivity index (χ3n) is 2.64. The SMILES string of the molecule is CCNC(=O)NOC1CCOP(=O)(N(CCCl)CCCl)N1. The van der Waals surface area contributed by atoms with Gasteiger partial charge < -0.3 is 9.84 Å². The van der Waals surface area contributed by atoms with Crippen molar-refractivity contribution >= 4 is 36.9 Å². The van der Waals surface area contributed by atoms with Gasteiger partial charge in [-0.3, -0.25) is 9.40 Å². The number of halogens is 2. The molecule has 2 amide bonds. The number of carbonyl (C=O) groups excluding carboxylic acids is 1. The summed E-state index contributed by atoms with van der Waals surface area (Å²) in [6.07, 6.45) is -0.160. The van der Waals surface area contributed by atoms with Crippen LogP contribution in [0.1, 0.15) is 13.3 Å². The molecule has 0 aliphatic carbocycles. The number of hydroxylamine groups is 1. The molecule has 2 unspecified atom stereocenters. The van der Waals surface area contributed by atoms with Crippen LogP contribution in [0.15, 0.2) is 0 Å². The standard InChI is InChI=1S/C10H21Cl2N4O4P/c1-2-13-10(17)14-20-9-3-8-19-21(18,15-9)16(6-4-11)7-5-12/h9H,2-8H2,1H3,(H,15,18)(H2,13,14,17). The Morgan fingerprint density at radius 2 is 2.14 bits per heavy atom. The normalized spacial score (nSPS) is 25.8. The van der Waals surface area contributed by atoms with Gasteiger partial charge in [0.25, 0.3) is 0 Å². The Hall–Kier alpha value is -0.0800. The lowest BCUT2D eigenvalue weighted by molar-refractivity contribution is -0.0345. The number of alkyl halides is 2. The van der Waals surface area contributed by atoms with Crippen molar-refractivity contribution in [1.82, 2.24) is 20.6 Å². The second-order valence-electron chi connectivity index (χ2n) is 4.17. The summed E-state index contributed by atoms with van der Waals surface area (Å²) in [5.41, 5.74) is 2.23. The predicted molar refractivity (Wildman–Crippen MR) is 81.4 cm³/mol. The molecule has 2 atom stereocenters. The highest BCUT2D eigenvalue weighted by molar-refractivity contribution is 7.54. The van der Waals surface area contributed by atoms with Crippen molar-refractivity contribution in [1.29, 1.82) is 0 Å². The summed E-state index contributed by atoms with van der Waals surface area (Å²) < 4.78 is 19.7. The number of rotatable bonds is 8. The Kier molecular flexibility index (Phi) is 8.89. The van der Waals surface area contributed by atoms with E-state index >= 15 is 0 Å². The minimum absolute atomic E-state index is 0.243. The number of carbonyl (C=O) groups is 1. The molecule has 1 aliphatic rings. The molecule has 124 valence electrons. The Labute approximate surface area is 134 Å². The van der Waals surface area contributed by atoms with Gasteiger partial charge in [0.1, 0.15) is 6.23 Å². The summed E-state index contributed by atoms with van der Waals surface area (Å²) in [6.45, 7) is 3.25. The highest BCUT2D eigenvalue weighted by Crippen LogP contribution is 2.49. The maximum Gasteiger partial charge on any atom is 0.345 e. The van der Waals surface area contributed by atoms with Gasteiger partial charge in [-0.25, -0.2) is 20.0 Å². The van der Waals surface area contributed by atoms with Gasteiger partial charge in [0.05, 0.1) is 6.61 Å². The quantitative estimate of drug-likeness (QED) is 0.344. The van der Waals surface area contributed by atoms with E-state index in [-0.39, 0.29) is 6.61 Å².